The van der Waals surface area contributed by atoms with Crippen molar-refractivity contribution in [2.45, 2.75) is 11.8 Å². The fraction of sp³-hybridized carbons (Fsp3) is 0.118. The van der Waals surface area contributed by atoms with E-state index < -0.39 is 23.2 Å². The molecule has 0 radical (unpaired) electrons. The summed E-state index contributed by atoms with van der Waals surface area (Å²) in [6, 6.07) is 5.19. The molecule has 0 saturated heterocycles. The second-order valence-electron chi connectivity index (χ2n) is 5.79. The van der Waals surface area contributed by atoms with Crippen LogP contribution in [0.5, 0.6) is 5.75 Å². The van der Waals surface area contributed by atoms with E-state index in [1.54, 1.807) is 6.07 Å². The molecule has 0 bridgehead atoms. The third kappa shape index (κ3) is 1.71. The van der Waals surface area contributed by atoms with Crippen molar-refractivity contribution in [3.63, 3.8) is 0 Å². The average molecular weight is 347 g/mol. The zero-order valence-electron chi connectivity index (χ0n) is 12.3. The topological polar surface area (TPSA) is 60.7 Å². The van der Waals surface area contributed by atoms with Crippen molar-refractivity contribution in [2.75, 3.05) is 5.32 Å². The summed E-state index contributed by atoms with van der Waals surface area (Å²) in [6.45, 7) is 0. The van der Waals surface area contributed by atoms with Gasteiger partial charge in [-0.05, 0) is 12.1 Å². The normalized spacial score (nSPS) is 23.1. The Kier molecular flexibility index (Phi) is 2.43. The molecule has 1 unspecified atom stereocenters. The van der Waals surface area contributed by atoms with Crippen LogP contribution in [-0.2, 0) is 21.3 Å². The van der Waals surface area contributed by atoms with Gasteiger partial charge in [-0.3, -0.25) is 4.79 Å². The number of benzene rings is 1. The Hall–Kier alpha value is -3.16. The van der Waals surface area contributed by atoms with Crippen LogP contribution in [0, 0.1) is 0 Å². The van der Waals surface area contributed by atoms with Gasteiger partial charge in [-0.15, -0.1) is 0 Å². The summed E-state index contributed by atoms with van der Waals surface area (Å²) < 4.78 is 56.2. The van der Waals surface area contributed by atoms with Crippen LogP contribution in [0.15, 0.2) is 53.0 Å². The molecule has 0 fully saturated rings. The molecule has 1 aromatic carbocycles. The van der Waals surface area contributed by atoms with Gasteiger partial charge in [0.2, 0.25) is 5.60 Å². The molecule has 1 aromatic heterocycles. The van der Waals surface area contributed by atoms with Gasteiger partial charge in [0.15, 0.2) is 17.3 Å². The maximum Gasteiger partial charge on any atom is 0.418 e. The Labute approximate surface area is 138 Å². The number of carbonyl (C=O) groups excluding carboxylic acids is 1. The number of furan rings is 1. The molecule has 126 valence electrons. The first-order valence-electron chi connectivity index (χ1n) is 7.29. The van der Waals surface area contributed by atoms with E-state index in [0.717, 1.165) is 6.07 Å². The molecule has 2 aromatic rings. The molecule has 3 aliphatic rings. The van der Waals surface area contributed by atoms with Gasteiger partial charge >= 0.3 is 6.18 Å². The van der Waals surface area contributed by atoms with Crippen LogP contribution in [0.2, 0.25) is 0 Å². The van der Waals surface area contributed by atoms with Crippen LogP contribution in [-0.4, -0.2) is 5.91 Å². The van der Waals surface area contributed by atoms with Gasteiger partial charge in [0, 0.05) is 11.6 Å². The lowest BCUT2D eigenvalue weighted by Crippen LogP contribution is -2.32. The van der Waals surface area contributed by atoms with E-state index in [9.17, 15) is 18.0 Å². The molecule has 5 rings (SSSR count). The summed E-state index contributed by atoms with van der Waals surface area (Å²) in [5, 5.41) is 2.31. The van der Waals surface area contributed by atoms with Crippen molar-refractivity contribution in [1.29, 1.82) is 0 Å². The fourth-order valence-corrected chi connectivity index (χ4v) is 3.31. The van der Waals surface area contributed by atoms with Crippen LogP contribution in [0.4, 0.5) is 18.9 Å². The lowest BCUT2D eigenvalue weighted by molar-refractivity contribution is -0.136. The van der Waals surface area contributed by atoms with Gasteiger partial charge in [0.25, 0.3) is 5.91 Å². The number of alkyl halides is 3. The van der Waals surface area contributed by atoms with Crippen molar-refractivity contribution >= 4 is 17.2 Å². The predicted octanol–water partition coefficient (Wildman–Crippen LogP) is 3.79. The largest absolute Gasteiger partial charge is 0.464 e. The molecule has 1 spiro atoms. The molecule has 1 amide bonds. The molecular weight excluding hydrogens is 339 g/mol. The second-order valence-corrected chi connectivity index (χ2v) is 5.79. The Bertz CT molecular complexity index is 1000. The first kappa shape index (κ1) is 14.2. The van der Waals surface area contributed by atoms with E-state index in [0.29, 0.717) is 17.1 Å². The van der Waals surface area contributed by atoms with Gasteiger partial charge in [-0.25, -0.2) is 0 Å². The molecular formula is C17H8F3NO4. The smallest absolute Gasteiger partial charge is 0.418 e. The molecule has 3 aliphatic heterocycles. The van der Waals surface area contributed by atoms with Gasteiger partial charge in [0.1, 0.15) is 6.26 Å². The fourth-order valence-electron chi connectivity index (χ4n) is 3.31. The molecule has 1 N–H and O–H groups in total. The van der Waals surface area contributed by atoms with Gasteiger partial charge in [-0.1, -0.05) is 12.1 Å². The first-order valence-corrected chi connectivity index (χ1v) is 7.29. The third-order valence-corrected chi connectivity index (χ3v) is 4.40. The van der Waals surface area contributed by atoms with Crippen molar-refractivity contribution in [2.24, 2.45) is 0 Å². The van der Waals surface area contributed by atoms with Crippen molar-refractivity contribution in [3.8, 4) is 5.75 Å². The Morgan fingerprint density at radius 2 is 2.00 bits per heavy atom. The van der Waals surface area contributed by atoms with Crippen LogP contribution in [0.3, 0.4) is 0 Å². The standard InChI is InChI=1S/C17H8F3NO4/c18-17(19,20)10-3-1-2-9-13(10)21-15(22)16(9)6-8-12(25-16)7-24-11-4-5-23-14(8)11/h1-7H,(H,21,22). The summed E-state index contributed by atoms with van der Waals surface area (Å²) in [7, 11) is 0. The number of ether oxygens (including phenoxy) is 2. The van der Waals surface area contributed by atoms with E-state index in [4.69, 9.17) is 13.9 Å². The molecule has 0 saturated carbocycles. The molecule has 1 atom stereocenters. The highest BCUT2D eigenvalue weighted by molar-refractivity contribution is 6.10. The minimum Gasteiger partial charge on any atom is -0.464 e. The van der Waals surface area contributed by atoms with E-state index in [-0.39, 0.29) is 17.0 Å². The Morgan fingerprint density at radius 1 is 1.16 bits per heavy atom. The quantitative estimate of drug-likeness (QED) is 0.788. The highest BCUT2D eigenvalue weighted by Gasteiger charge is 2.55. The number of carbonyl (C=O) groups is 1. The molecule has 0 aliphatic carbocycles. The van der Waals surface area contributed by atoms with E-state index >= 15 is 0 Å². The molecule has 8 heteroatoms. The minimum atomic E-state index is -4.60. The van der Waals surface area contributed by atoms with Crippen LogP contribution in [0.1, 0.15) is 16.9 Å². The van der Waals surface area contributed by atoms with Crippen molar-refractivity contribution in [3.05, 3.63) is 65.5 Å². The number of anilines is 1. The third-order valence-electron chi connectivity index (χ3n) is 4.40. The average Bonchev–Trinajstić information content (AvgIpc) is 3.23. The molecule has 4 heterocycles. The minimum absolute atomic E-state index is 0.100. The zero-order valence-corrected chi connectivity index (χ0v) is 12.3. The van der Waals surface area contributed by atoms with Gasteiger partial charge in [-0.2, -0.15) is 13.2 Å². The van der Waals surface area contributed by atoms with E-state index in [1.165, 1.54) is 30.7 Å². The maximum atomic E-state index is 13.2. The monoisotopic (exact) mass is 347 g/mol. The van der Waals surface area contributed by atoms with E-state index in [2.05, 4.69) is 5.32 Å². The number of hydrogen-bond donors (Lipinski definition) is 1. The van der Waals surface area contributed by atoms with Crippen LogP contribution >= 0.6 is 0 Å². The SMILES string of the molecule is O=C1Nc2c(C(F)(F)F)cccc2C12C=C1C(=COc3ccoc31)O2. The second kappa shape index (κ2) is 4.27. The van der Waals surface area contributed by atoms with Crippen LogP contribution < -0.4 is 10.1 Å². The number of para-hydroxylation sites is 1. The number of amides is 1. The van der Waals surface area contributed by atoms with Crippen molar-refractivity contribution in [1.82, 2.24) is 0 Å². The number of fused-ring (bicyclic) bond motifs is 5. The highest BCUT2D eigenvalue weighted by atomic mass is 19.4. The summed E-state index contributed by atoms with van der Waals surface area (Å²) in [5.74, 6) is 0.332. The first-order chi connectivity index (χ1) is 11.9. The summed E-state index contributed by atoms with van der Waals surface area (Å²) >= 11 is 0. The Morgan fingerprint density at radius 3 is 2.80 bits per heavy atom. The summed E-state index contributed by atoms with van der Waals surface area (Å²) in [6.07, 6.45) is -0.417. The van der Waals surface area contributed by atoms with Gasteiger partial charge < -0.3 is 19.2 Å². The lowest BCUT2D eigenvalue weighted by atomic mass is 9.92. The maximum absolute atomic E-state index is 13.2. The number of hydrogen-bond acceptors (Lipinski definition) is 4. The summed E-state index contributed by atoms with van der Waals surface area (Å²) in [4.78, 5) is 12.6. The number of allylic oxidation sites excluding steroid dienone is 1. The molecule has 25 heavy (non-hydrogen) atoms. The Balaban J connectivity index is 1.73. The predicted molar refractivity (Wildman–Crippen MR) is 78.2 cm³/mol. The molecule has 5 nitrogen and oxygen atoms in total. The van der Waals surface area contributed by atoms with E-state index in [1.807, 2.05) is 0 Å². The summed E-state index contributed by atoms with van der Waals surface area (Å²) in [5.41, 5.74) is -2.34. The van der Waals surface area contributed by atoms with Crippen molar-refractivity contribution < 1.29 is 31.9 Å². The zero-order chi connectivity index (χ0) is 17.4. The van der Waals surface area contributed by atoms with Gasteiger partial charge in [0.05, 0.1) is 23.1 Å². The lowest BCUT2D eigenvalue weighted by Gasteiger charge is -2.21. The highest BCUT2D eigenvalue weighted by Crippen LogP contribution is 2.54. The number of halogens is 3. The number of rotatable bonds is 0. The number of nitrogens with one attached hydrogen (secondary N) is 1. The van der Waals surface area contributed by atoms with Crippen LogP contribution in [0.25, 0.3) is 5.57 Å².